The van der Waals surface area contributed by atoms with Crippen LogP contribution in [0.3, 0.4) is 0 Å². The molecule has 1 aromatic carbocycles. The van der Waals surface area contributed by atoms with Gasteiger partial charge >= 0.3 is 0 Å². The van der Waals surface area contributed by atoms with E-state index in [1.54, 1.807) is 20.3 Å². The highest BCUT2D eigenvalue weighted by Gasteiger charge is 2.12. The number of carbonyl (C=O) groups excluding carboxylic acids is 1. The normalized spacial score (nSPS) is 10.4. The van der Waals surface area contributed by atoms with E-state index in [0.717, 1.165) is 11.3 Å². The maximum absolute atomic E-state index is 12.2. The van der Waals surface area contributed by atoms with E-state index in [0.29, 0.717) is 22.2 Å². The lowest BCUT2D eigenvalue weighted by Gasteiger charge is -2.08. The van der Waals surface area contributed by atoms with E-state index in [4.69, 9.17) is 21.1 Å². The first-order valence-electron chi connectivity index (χ1n) is 7.21. The van der Waals surface area contributed by atoms with E-state index in [9.17, 15) is 4.79 Å². The zero-order valence-electron chi connectivity index (χ0n) is 13.4. The number of rotatable bonds is 5. The van der Waals surface area contributed by atoms with Crippen molar-refractivity contribution < 1.29 is 14.3 Å². The van der Waals surface area contributed by atoms with Crippen molar-refractivity contribution in [3.05, 3.63) is 52.6 Å². The molecule has 0 saturated heterocycles. The minimum Gasteiger partial charge on any atom is -0.493 e. The highest BCUT2D eigenvalue weighted by Crippen LogP contribution is 2.33. The second-order valence-electron chi connectivity index (χ2n) is 4.93. The number of hydrogen-bond donors (Lipinski definition) is 1. The minimum atomic E-state index is -0.294. The second-order valence-corrected chi connectivity index (χ2v) is 6.17. The first-order chi connectivity index (χ1) is 12.1. The fourth-order valence-electron chi connectivity index (χ4n) is 2.17. The van der Waals surface area contributed by atoms with Crippen LogP contribution in [0.1, 0.15) is 10.4 Å². The van der Waals surface area contributed by atoms with Crippen molar-refractivity contribution in [2.75, 3.05) is 19.5 Å². The lowest BCUT2D eigenvalue weighted by molar-refractivity contribution is 0.102. The average molecular weight is 376 g/mol. The number of pyridine rings is 1. The SMILES string of the molecule is COc1ccc(-c2csc(NC(=O)c3ccnc(Cl)c3)n2)cc1OC. The quantitative estimate of drug-likeness (QED) is 0.679. The van der Waals surface area contributed by atoms with E-state index in [1.165, 1.54) is 23.6 Å². The van der Waals surface area contributed by atoms with Crippen LogP contribution in [0.5, 0.6) is 11.5 Å². The molecular formula is C17H14ClN3O3S. The van der Waals surface area contributed by atoms with Crippen LogP contribution >= 0.6 is 22.9 Å². The predicted molar refractivity (Wildman–Crippen MR) is 97.9 cm³/mol. The molecule has 6 nitrogen and oxygen atoms in total. The van der Waals surface area contributed by atoms with Gasteiger partial charge in [-0.2, -0.15) is 0 Å². The molecule has 0 unspecified atom stereocenters. The van der Waals surface area contributed by atoms with Crippen molar-refractivity contribution in [2.24, 2.45) is 0 Å². The van der Waals surface area contributed by atoms with Crippen molar-refractivity contribution in [1.82, 2.24) is 9.97 Å². The van der Waals surface area contributed by atoms with Gasteiger partial charge < -0.3 is 9.47 Å². The third kappa shape index (κ3) is 3.89. The summed E-state index contributed by atoms with van der Waals surface area (Å²) in [6.45, 7) is 0. The van der Waals surface area contributed by atoms with Crippen LogP contribution in [0.15, 0.2) is 41.9 Å². The molecule has 1 amide bonds. The number of aromatic nitrogens is 2. The van der Waals surface area contributed by atoms with Crippen molar-refractivity contribution in [3.63, 3.8) is 0 Å². The Labute approximate surface area is 153 Å². The lowest BCUT2D eigenvalue weighted by atomic mass is 10.1. The van der Waals surface area contributed by atoms with Gasteiger partial charge in [0.1, 0.15) is 5.15 Å². The summed E-state index contributed by atoms with van der Waals surface area (Å²) in [5, 5.41) is 5.36. The van der Waals surface area contributed by atoms with E-state index in [2.05, 4.69) is 15.3 Å². The van der Waals surface area contributed by atoms with Gasteiger partial charge in [0.05, 0.1) is 19.9 Å². The predicted octanol–water partition coefficient (Wildman–Crippen LogP) is 4.13. The Morgan fingerprint density at radius 1 is 1.16 bits per heavy atom. The summed E-state index contributed by atoms with van der Waals surface area (Å²) in [5.41, 5.74) is 2.01. The zero-order chi connectivity index (χ0) is 17.8. The Kier molecular flexibility index (Phi) is 5.16. The second kappa shape index (κ2) is 7.50. The summed E-state index contributed by atoms with van der Waals surface area (Å²) in [6.07, 6.45) is 1.48. The topological polar surface area (TPSA) is 73.3 Å². The number of carbonyl (C=O) groups is 1. The van der Waals surface area contributed by atoms with E-state index < -0.39 is 0 Å². The summed E-state index contributed by atoms with van der Waals surface area (Å²) < 4.78 is 10.5. The van der Waals surface area contributed by atoms with Gasteiger partial charge in [0.25, 0.3) is 5.91 Å². The summed E-state index contributed by atoms with van der Waals surface area (Å²) >= 11 is 7.13. The van der Waals surface area contributed by atoms with Gasteiger partial charge in [0.15, 0.2) is 16.6 Å². The first kappa shape index (κ1) is 17.2. The van der Waals surface area contributed by atoms with Crippen LogP contribution in [0.4, 0.5) is 5.13 Å². The minimum absolute atomic E-state index is 0.262. The largest absolute Gasteiger partial charge is 0.493 e. The maximum Gasteiger partial charge on any atom is 0.257 e. The summed E-state index contributed by atoms with van der Waals surface area (Å²) in [5.74, 6) is 0.965. The molecule has 0 fully saturated rings. The molecule has 1 N–H and O–H groups in total. The van der Waals surface area contributed by atoms with Gasteiger partial charge in [-0.3, -0.25) is 10.1 Å². The number of benzene rings is 1. The van der Waals surface area contributed by atoms with Crippen LogP contribution in [-0.4, -0.2) is 30.1 Å². The van der Waals surface area contributed by atoms with E-state index in [1.807, 2.05) is 23.6 Å². The van der Waals surface area contributed by atoms with Crippen molar-refractivity contribution in [3.8, 4) is 22.8 Å². The third-order valence-electron chi connectivity index (χ3n) is 3.39. The molecule has 2 aromatic heterocycles. The van der Waals surface area contributed by atoms with Crippen LogP contribution in [0, 0.1) is 0 Å². The average Bonchev–Trinajstić information content (AvgIpc) is 3.09. The molecular weight excluding hydrogens is 362 g/mol. The van der Waals surface area contributed by atoms with Crippen molar-refractivity contribution in [2.45, 2.75) is 0 Å². The molecule has 0 aliphatic rings. The number of ether oxygens (including phenoxy) is 2. The smallest absolute Gasteiger partial charge is 0.257 e. The standard InChI is InChI=1S/C17H14ClN3O3S/c1-23-13-4-3-10(7-14(13)24-2)12-9-25-17(20-12)21-16(22)11-5-6-19-15(18)8-11/h3-9H,1-2H3,(H,20,21,22). The monoisotopic (exact) mass is 375 g/mol. The van der Waals surface area contributed by atoms with Gasteiger partial charge in [-0.15, -0.1) is 11.3 Å². The number of halogens is 1. The van der Waals surface area contributed by atoms with Gasteiger partial charge in [-0.1, -0.05) is 11.6 Å². The molecule has 0 aliphatic heterocycles. The van der Waals surface area contributed by atoms with Crippen LogP contribution in [0.2, 0.25) is 5.15 Å². The van der Waals surface area contributed by atoms with Gasteiger partial charge in [-0.25, -0.2) is 9.97 Å². The number of anilines is 1. The number of nitrogens with zero attached hydrogens (tertiary/aromatic N) is 2. The number of thiazole rings is 1. The number of nitrogens with one attached hydrogen (secondary N) is 1. The molecule has 0 saturated carbocycles. The Bertz CT molecular complexity index is 914. The molecule has 8 heteroatoms. The van der Waals surface area contributed by atoms with E-state index >= 15 is 0 Å². The summed E-state index contributed by atoms with van der Waals surface area (Å²) in [4.78, 5) is 20.5. The molecule has 25 heavy (non-hydrogen) atoms. The summed E-state index contributed by atoms with van der Waals surface area (Å²) in [7, 11) is 3.16. The Hall–Kier alpha value is -2.64. The van der Waals surface area contributed by atoms with Gasteiger partial charge in [0.2, 0.25) is 0 Å². The van der Waals surface area contributed by atoms with Crippen LogP contribution < -0.4 is 14.8 Å². The van der Waals surface area contributed by atoms with Crippen molar-refractivity contribution >= 4 is 34.0 Å². The Morgan fingerprint density at radius 2 is 1.96 bits per heavy atom. The molecule has 0 atom stereocenters. The maximum atomic E-state index is 12.2. The molecule has 0 radical (unpaired) electrons. The highest BCUT2D eigenvalue weighted by atomic mass is 35.5. The fourth-order valence-corrected chi connectivity index (χ4v) is 3.06. The number of methoxy groups -OCH3 is 2. The third-order valence-corrected chi connectivity index (χ3v) is 4.36. The summed E-state index contributed by atoms with van der Waals surface area (Å²) in [6, 6.07) is 8.61. The zero-order valence-corrected chi connectivity index (χ0v) is 15.0. The Morgan fingerprint density at radius 3 is 2.68 bits per heavy atom. The van der Waals surface area contributed by atoms with E-state index in [-0.39, 0.29) is 11.1 Å². The highest BCUT2D eigenvalue weighted by molar-refractivity contribution is 7.14. The van der Waals surface area contributed by atoms with Gasteiger partial charge in [0, 0.05) is 22.7 Å². The molecule has 0 bridgehead atoms. The number of amides is 1. The fraction of sp³-hybridized carbons (Fsp3) is 0.118. The molecule has 3 rings (SSSR count). The lowest BCUT2D eigenvalue weighted by Crippen LogP contribution is -2.11. The molecule has 2 heterocycles. The molecule has 0 spiro atoms. The molecule has 0 aliphatic carbocycles. The first-order valence-corrected chi connectivity index (χ1v) is 8.47. The van der Waals surface area contributed by atoms with Crippen LogP contribution in [-0.2, 0) is 0 Å². The van der Waals surface area contributed by atoms with Crippen LogP contribution in [0.25, 0.3) is 11.3 Å². The van der Waals surface area contributed by atoms with Crippen molar-refractivity contribution in [1.29, 1.82) is 0 Å². The van der Waals surface area contributed by atoms with Gasteiger partial charge in [-0.05, 0) is 30.3 Å². The molecule has 128 valence electrons. The number of hydrogen-bond acceptors (Lipinski definition) is 6. The molecule has 3 aromatic rings. The Balaban J connectivity index is 1.79.